The number of benzene rings is 3. The SMILES string of the molecule is O=C(CCc1cccc2c1C(=O)NC2=O)c1cccc(OCc2ccc3ccccc3n2)c1. The van der Waals surface area contributed by atoms with Crippen LogP contribution in [-0.2, 0) is 13.0 Å². The molecule has 0 atom stereocenters. The molecule has 0 spiro atoms. The van der Waals surface area contributed by atoms with Crippen LogP contribution in [0.15, 0.2) is 78.9 Å². The van der Waals surface area contributed by atoms with Gasteiger partial charge in [0.05, 0.1) is 22.3 Å². The maximum absolute atomic E-state index is 12.8. The Hall–Kier alpha value is -4.32. The van der Waals surface area contributed by atoms with Gasteiger partial charge in [0.15, 0.2) is 5.78 Å². The van der Waals surface area contributed by atoms with Gasteiger partial charge in [-0.1, -0.05) is 48.5 Å². The summed E-state index contributed by atoms with van der Waals surface area (Å²) in [7, 11) is 0. The highest BCUT2D eigenvalue weighted by Gasteiger charge is 2.29. The van der Waals surface area contributed by atoms with E-state index in [4.69, 9.17) is 4.74 Å². The Balaban J connectivity index is 1.25. The fourth-order valence-corrected chi connectivity index (χ4v) is 4.00. The lowest BCUT2D eigenvalue weighted by atomic mass is 9.96. The van der Waals surface area contributed by atoms with E-state index in [1.807, 2.05) is 36.4 Å². The topological polar surface area (TPSA) is 85.4 Å². The number of hydrogen-bond donors (Lipinski definition) is 1. The average molecular weight is 436 g/mol. The number of pyridine rings is 1. The predicted octanol–water partition coefficient (Wildman–Crippen LogP) is 4.51. The Bertz CT molecular complexity index is 1410. The zero-order valence-electron chi connectivity index (χ0n) is 17.7. The van der Waals surface area contributed by atoms with Gasteiger partial charge in [-0.15, -0.1) is 0 Å². The summed E-state index contributed by atoms with van der Waals surface area (Å²) in [6.07, 6.45) is 0.586. The van der Waals surface area contributed by atoms with Crippen LogP contribution in [0.5, 0.6) is 5.75 Å². The molecule has 0 unspecified atom stereocenters. The second-order valence-corrected chi connectivity index (χ2v) is 7.86. The minimum Gasteiger partial charge on any atom is -0.487 e. The van der Waals surface area contributed by atoms with Crippen LogP contribution < -0.4 is 10.1 Å². The molecule has 0 saturated carbocycles. The van der Waals surface area contributed by atoms with Gasteiger partial charge < -0.3 is 4.74 Å². The van der Waals surface area contributed by atoms with Crippen molar-refractivity contribution in [1.82, 2.24) is 10.3 Å². The summed E-state index contributed by atoms with van der Waals surface area (Å²) in [5.41, 5.74) is 3.67. The van der Waals surface area contributed by atoms with Gasteiger partial charge in [0.1, 0.15) is 12.4 Å². The van der Waals surface area contributed by atoms with Crippen molar-refractivity contribution in [2.24, 2.45) is 0 Å². The molecule has 1 aliphatic heterocycles. The van der Waals surface area contributed by atoms with Crippen molar-refractivity contribution in [2.45, 2.75) is 19.4 Å². The van der Waals surface area contributed by atoms with E-state index in [0.29, 0.717) is 41.0 Å². The Morgan fingerprint density at radius 3 is 2.64 bits per heavy atom. The minimum absolute atomic E-state index is 0.0633. The molecule has 5 rings (SSSR count). The maximum Gasteiger partial charge on any atom is 0.259 e. The van der Waals surface area contributed by atoms with Gasteiger partial charge in [0.25, 0.3) is 11.8 Å². The van der Waals surface area contributed by atoms with E-state index in [0.717, 1.165) is 16.6 Å². The van der Waals surface area contributed by atoms with E-state index in [1.165, 1.54) is 0 Å². The van der Waals surface area contributed by atoms with Gasteiger partial charge in [0, 0.05) is 17.4 Å². The van der Waals surface area contributed by atoms with Crippen LogP contribution in [-0.4, -0.2) is 22.6 Å². The lowest BCUT2D eigenvalue weighted by molar-refractivity contribution is 0.0877. The molecule has 2 heterocycles. The molecule has 4 aromatic rings. The highest BCUT2D eigenvalue weighted by Crippen LogP contribution is 2.23. The lowest BCUT2D eigenvalue weighted by Crippen LogP contribution is -2.20. The minimum atomic E-state index is -0.407. The second kappa shape index (κ2) is 8.67. The average Bonchev–Trinajstić information content (AvgIpc) is 3.15. The highest BCUT2D eigenvalue weighted by atomic mass is 16.5. The molecule has 3 aromatic carbocycles. The van der Waals surface area contributed by atoms with Crippen LogP contribution in [0.1, 0.15) is 48.8 Å². The first-order valence-electron chi connectivity index (χ1n) is 10.7. The quantitative estimate of drug-likeness (QED) is 0.340. The van der Waals surface area contributed by atoms with Gasteiger partial charge in [-0.05, 0) is 42.3 Å². The third kappa shape index (κ3) is 4.23. The third-order valence-electron chi connectivity index (χ3n) is 5.67. The van der Waals surface area contributed by atoms with E-state index in [1.54, 1.807) is 42.5 Å². The summed E-state index contributed by atoms with van der Waals surface area (Å²) < 4.78 is 5.88. The first kappa shape index (κ1) is 20.6. The summed E-state index contributed by atoms with van der Waals surface area (Å²) in [5, 5.41) is 3.37. The molecule has 2 amide bonds. The van der Waals surface area contributed by atoms with Gasteiger partial charge in [0.2, 0.25) is 0 Å². The van der Waals surface area contributed by atoms with Crippen molar-refractivity contribution in [3.63, 3.8) is 0 Å². The summed E-state index contributed by atoms with van der Waals surface area (Å²) in [6, 6.07) is 24.0. The zero-order valence-corrected chi connectivity index (χ0v) is 17.7. The molecular weight excluding hydrogens is 416 g/mol. The first-order valence-corrected chi connectivity index (χ1v) is 10.7. The number of ether oxygens (including phenoxy) is 1. The number of imide groups is 1. The highest BCUT2D eigenvalue weighted by molar-refractivity contribution is 6.22. The molecule has 1 aliphatic rings. The summed E-state index contributed by atoms with van der Waals surface area (Å²) in [6.45, 7) is 0.293. The van der Waals surface area contributed by atoms with Crippen LogP contribution in [0.25, 0.3) is 10.9 Å². The number of carbonyl (C=O) groups excluding carboxylic acids is 3. The van der Waals surface area contributed by atoms with Crippen molar-refractivity contribution in [3.8, 4) is 5.75 Å². The number of aromatic nitrogens is 1. The number of para-hydroxylation sites is 1. The van der Waals surface area contributed by atoms with Gasteiger partial charge in [-0.3, -0.25) is 19.7 Å². The van der Waals surface area contributed by atoms with Crippen molar-refractivity contribution in [2.75, 3.05) is 0 Å². The Labute approximate surface area is 190 Å². The number of Topliss-reactive ketones (excluding diaryl/α,β-unsaturated/α-hetero) is 1. The number of ketones is 1. The van der Waals surface area contributed by atoms with Crippen molar-refractivity contribution >= 4 is 28.5 Å². The first-order chi connectivity index (χ1) is 16.1. The van der Waals surface area contributed by atoms with Crippen molar-refractivity contribution in [1.29, 1.82) is 0 Å². The fourth-order valence-electron chi connectivity index (χ4n) is 4.00. The molecule has 0 fully saturated rings. The van der Waals surface area contributed by atoms with Gasteiger partial charge >= 0.3 is 0 Å². The molecule has 1 N–H and O–H groups in total. The molecule has 0 radical (unpaired) electrons. The molecular formula is C27H20N2O4. The number of fused-ring (bicyclic) bond motifs is 2. The van der Waals surface area contributed by atoms with Crippen molar-refractivity contribution in [3.05, 3.63) is 107 Å². The van der Waals surface area contributed by atoms with Crippen molar-refractivity contribution < 1.29 is 19.1 Å². The van der Waals surface area contributed by atoms with E-state index >= 15 is 0 Å². The predicted molar refractivity (Wildman–Crippen MR) is 123 cm³/mol. The third-order valence-corrected chi connectivity index (χ3v) is 5.67. The number of hydrogen-bond acceptors (Lipinski definition) is 5. The molecule has 6 nitrogen and oxygen atoms in total. The smallest absolute Gasteiger partial charge is 0.259 e. The maximum atomic E-state index is 12.8. The van der Waals surface area contributed by atoms with Crippen LogP contribution in [0, 0.1) is 0 Å². The Morgan fingerprint density at radius 2 is 1.73 bits per heavy atom. The molecule has 1 aromatic heterocycles. The zero-order chi connectivity index (χ0) is 22.8. The summed E-state index contributed by atoms with van der Waals surface area (Å²) in [4.78, 5) is 41.3. The largest absolute Gasteiger partial charge is 0.487 e. The molecule has 162 valence electrons. The van der Waals surface area contributed by atoms with Crippen LogP contribution in [0.2, 0.25) is 0 Å². The molecule has 6 heteroatoms. The fraction of sp³-hybridized carbons (Fsp3) is 0.111. The number of carbonyl (C=O) groups is 3. The molecule has 0 bridgehead atoms. The standard InChI is InChI=1S/C27H20N2O4/c30-24(14-12-18-6-4-9-22-25(18)27(32)29-26(22)31)19-7-3-8-21(15-19)33-16-20-13-11-17-5-1-2-10-23(17)28-20/h1-11,13,15H,12,14,16H2,(H,29,31,32). The second-order valence-electron chi connectivity index (χ2n) is 7.86. The summed E-state index contributed by atoms with van der Waals surface area (Å²) in [5.74, 6) is -0.280. The molecule has 0 aliphatic carbocycles. The number of nitrogens with zero attached hydrogens (tertiary/aromatic N) is 1. The van der Waals surface area contributed by atoms with Crippen LogP contribution in [0.3, 0.4) is 0 Å². The van der Waals surface area contributed by atoms with E-state index in [2.05, 4.69) is 10.3 Å². The van der Waals surface area contributed by atoms with E-state index in [-0.39, 0.29) is 12.2 Å². The Kier molecular flexibility index (Phi) is 5.40. The van der Waals surface area contributed by atoms with Crippen LogP contribution >= 0.6 is 0 Å². The Morgan fingerprint density at radius 1 is 0.879 bits per heavy atom. The number of nitrogens with one attached hydrogen (secondary N) is 1. The van der Waals surface area contributed by atoms with E-state index in [9.17, 15) is 14.4 Å². The number of amides is 2. The molecule has 33 heavy (non-hydrogen) atoms. The van der Waals surface area contributed by atoms with E-state index < -0.39 is 11.8 Å². The number of rotatable bonds is 7. The lowest BCUT2D eigenvalue weighted by Gasteiger charge is -2.09. The normalized spacial score (nSPS) is 12.5. The van der Waals surface area contributed by atoms with Crippen LogP contribution in [0.4, 0.5) is 0 Å². The number of aryl methyl sites for hydroxylation is 1. The molecule has 0 saturated heterocycles. The monoisotopic (exact) mass is 436 g/mol. The van der Waals surface area contributed by atoms with Gasteiger partial charge in [-0.25, -0.2) is 4.98 Å². The van der Waals surface area contributed by atoms with Gasteiger partial charge in [-0.2, -0.15) is 0 Å². The summed E-state index contributed by atoms with van der Waals surface area (Å²) >= 11 is 0.